The lowest BCUT2D eigenvalue weighted by Gasteiger charge is -2.14. The molecule has 1 aromatic carbocycles. The molecule has 5 heteroatoms. The largest absolute Gasteiger partial charge is 0.457 e. The Balaban J connectivity index is 2.49. The van der Waals surface area contributed by atoms with Crippen LogP contribution in [0.15, 0.2) is 43.0 Å². The first kappa shape index (κ1) is 16.4. The fourth-order valence-corrected chi connectivity index (χ4v) is 2.97. The molecule has 1 N–H and O–H groups in total. The van der Waals surface area contributed by atoms with Crippen molar-refractivity contribution in [3.05, 3.63) is 48.6 Å². The average Bonchev–Trinajstić information content (AvgIpc) is 2.39. The molecule has 0 spiro atoms. The lowest BCUT2D eigenvalue weighted by Crippen LogP contribution is -2.21. The Morgan fingerprint density at radius 2 is 2.10 bits per heavy atom. The van der Waals surface area contributed by atoms with Crippen LogP contribution in [-0.4, -0.2) is 21.7 Å². The summed E-state index contributed by atoms with van der Waals surface area (Å²) in [5.41, 5.74) is 0.879. The number of nitrogens with one attached hydrogen (secondary N) is 1. The molecule has 0 aliphatic carbocycles. The van der Waals surface area contributed by atoms with E-state index in [0.717, 1.165) is 5.56 Å². The van der Waals surface area contributed by atoms with Crippen LogP contribution in [0.25, 0.3) is 0 Å². The van der Waals surface area contributed by atoms with Crippen LogP contribution in [-0.2, 0) is 19.3 Å². The molecular weight excluding hydrogens is 274 g/mol. The first-order chi connectivity index (χ1) is 9.44. The third-order valence-electron chi connectivity index (χ3n) is 2.81. The van der Waals surface area contributed by atoms with Gasteiger partial charge in [-0.3, -0.25) is 9.57 Å². The molecule has 0 amide bonds. The molecule has 0 aromatic heterocycles. The Labute approximate surface area is 120 Å². The van der Waals surface area contributed by atoms with Crippen molar-refractivity contribution >= 4 is 15.7 Å². The molecule has 0 bridgehead atoms. The van der Waals surface area contributed by atoms with Gasteiger partial charge in [-0.2, -0.15) is 0 Å². The molecule has 0 radical (unpaired) electrons. The average molecular weight is 295 g/mol. The Kier molecular flexibility index (Phi) is 6.45. The summed E-state index contributed by atoms with van der Waals surface area (Å²) in [6.07, 6.45) is 2.62. The highest BCUT2D eigenvalue weighted by Gasteiger charge is 2.17. The number of carbonyl (C=O) groups is 1. The molecule has 0 aliphatic rings. The summed E-state index contributed by atoms with van der Waals surface area (Å²) < 4.78 is 24.8. The van der Waals surface area contributed by atoms with Crippen molar-refractivity contribution in [2.75, 3.05) is 11.5 Å². The quantitative estimate of drug-likeness (QED) is 0.454. The van der Waals surface area contributed by atoms with Crippen LogP contribution >= 0.6 is 0 Å². The molecule has 0 unspecified atom stereocenters. The molecule has 20 heavy (non-hydrogen) atoms. The second kappa shape index (κ2) is 7.85. The second-order valence-corrected chi connectivity index (χ2v) is 6.95. The normalized spacial score (nSPS) is 15.1. The van der Waals surface area contributed by atoms with Crippen molar-refractivity contribution < 1.29 is 13.7 Å². The minimum atomic E-state index is -2.90. The summed E-state index contributed by atoms with van der Waals surface area (Å²) in [7, 11) is -2.90. The molecule has 0 heterocycles. The number of unbranched alkanes of at least 4 members (excludes halogenated alkanes) is 1. The van der Waals surface area contributed by atoms with Gasteiger partial charge in [-0.15, -0.1) is 6.58 Å². The van der Waals surface area contributed by atoms with Gasteiger partial charge in [-0.05, 0) is 25.3 Å². The van der Waals surface area contributed by atoms with Gasteiger partial charge < -0.3 is 4.74 Å². The third-order valence-corrected chi connectivity index (χ3v) is 4.46. The molecule has 0 aliphatic heterocycles. The van der Waals surface area contributed by atoms with Gasteiger partial charge in [0.15, 0.2) is 0 Å². The maximum atomic E-state index is 11.9. The van der Waals surface area contributed by atoms with E-state index in [9.17, 15) is 9.00 Å². The number of carbonyl (C=O) groups excluding carboxylic acids is 1. The van der Waals surface area contributed by atoms with E-state index >= 15 is 0 Å². The first-order valence-electron chi connectivity index (χ1n) is 6.54. The monoisotopic (exact) mass is 295 g/mol. The fourth-order valence-electron chi connectivity index (χ4n) is 1.75. The van der Waals surface area contributed by atoms with Gasteiger partial charge in [0, 0.05) is 5.75 Å². The molecule has 0 saturated heterocycles. The van der Waals surface area contributed by atoms with E-state index in [1.165, 1.54) is 0 Å². The molecule has 4 nitrogen and oxygen atoms in total. The van der Waals surface area contributed by atoms with E-state index in [2.05, 4.69) is 6.58 Å². The zero-order valence-corrected chi connectivity index (χ0v) is 12.5. The number of benzene rings is 1. The number of rotatable bonds is 8. The van der Waals surface area contributed by atoms with Gasteiger partial charge >= 0.3 is 5.97 Å². The molecule has 2 atom stereocenters. The zero-order chi connectivity index (χ0) is 15.0. The highest BCUT2D eigenvalue weighted by atomic mass is 32.2. The van der Waals surface area contributed by atoms with E-state index in [1.807, 2.05) is 30.3 Å². The van der Waals surface area contributed by atoms with E-state index < -0.39 is 21.8 Å². The standard InChI is InChI=1S/C15H21NO3S/c1-3-4-8-11-20(16,18)12-15(17)19-13(2)14-9-6-5-7-10-14/h3,5-7,9-10,13,16H,1,4,8,11-12H2,2H3/t13-,20+/m0/s1. The van der Waals surface area contributed by atoms with E-state index in [1.54, 1.807) is 13.0 Å². The predicted octanol–water partition coefficient (Wildman–Crippen LogP) is 3.30. The SMILES string of the molecule is C=CCCC[S@@](=N)(=O)CC(=O)O[C@@H](C)c1ccccc1. The van der Waals surface area contributed by atoms with Gasteiger partial charge in [0.05, 0.1) is 9.73 Å². The van der Waals surface area contributed by atoms with Crippen LogP contribution < -0.4 is 0 Å². The number of esters is 1. The Morgan fingerprint density at radius 1 is 1.45 bits per heavy atom. The minimum absolute atomic E-state index is 0.202. The van der Waals surface area contributed by atoms with Crippen LogP contribution in [0.4, 0.5) is 0 Å². The van der Waals surface area contributed by atoms with Crippen molar-refractivity contribution in [1.82, 2.24) is 0 Å². The number of hydrogen-bond acceptors (Lipinski definition) is 4. The molecule has 1 aromatic rings. The van der Waals surface area contributed by atoms with E-state index in [4.69, 9.17) is 9.52 Å². The van der Waals surface area contributed by atoms with Crippen LogP contribution in [0.3, 0.4) is 0 Å². The van der Waals surface area contributed by atoms with Gasteiger partial charge in [-0.1, -0.05) is 36.4 Å². The summed E-state index contributed by atoms with van der Waals surface area (Å²) >= 11 is 0. The summed E-state index contributed by atoms with van der Waals surface area (Å²) in [5, 5.41) is 0. The van der Waals surface area contributed by atoms with E-state index in [-0.39, 0.29) is 11.5 Å². The van der Waals surface area contributed by atoms with Gasteiger partial charge in [0.2, 0.25) is 0 Å². The maximum absolute atomic E-state index is 11.9. The van der Waals surface area contributed by atoms with E-state index in [0.29, 0.717) is 12.8 Å². The molecule has 1 rings (SSSR count). The Morgan fingerprint density at radius 3 is 2.70 bits per heavy atom. The molecule has 110 valence electrons. The number of hydrogen-bond donors (Lipinski definition) is 1. The van der Waals surface area contributed by atoms with Crippen molar-refractivity contribution in [2.45, 2.75) is 25.9 Å². The van der Waals surface area contributed by atoms with Crippen LogP contribution in [0.2, 0.25) is 0 Å². The molecule has 0 fully saturated rings. The van der Waals surface area contributed by atoms with Crippen LogP contribution in [0.5, 0.6) is 0 Å². The topological polar surface area (TPSA) is 67.2 Å². The summed E-state index contributed by atoms with van der Waals surface area (Å²) in [6, 6.07) is 9.33. The lowest BCUT2D eigenvalue weighted by molar-refractivity contribution is -0.145. The van der Waals surface area contributed by atoms with Crippen molar-refractivity contribution in [3.63, 3.8) is 0 Å². The highest BCUT2D eigenvalue weighted by molar-refractivity contribution is 7.93. The summed E-state index contributed by atoms with van der Waals surface area (Å²) in [4.78, 5) is 11.7. The molecule has 0 saturated carbocycles. The maximum Gasteiger partial charge on any atom is 0.320 e. The second-order valence-electron chi connectivity index (χ2n) is 4.63. The van der Waals surface area contributed by atoms with Gasteiger partial charge in [-0.25, -0.2) is 4.21 Å². The zero-order valence-electron chi connectivity index (χ0n) is 11.7. The fraction of sp³-hybridized carbons (Fsp3) is 0.400. The third kappa shape index (κ3) is 6.02. The smallest absolute Gasteiger partial charge is 0.320 e. The van der Waals surface area contributed by atoms with Gasteiger partial charge in [0.1, 0.15) is 11.9 Å². The van der Waals surface area contributed by atoms with Crippen LogP contribution in [0.1, 0.15) is 31.4 Å². The van der Waals surface area contributed by atoms with Crippen molar-refractivity contribution in [1.29, 1.82) is 4.78 Å². The van der Waals surface area contributed by atoms with Gasteiger partial charge in [0.25, 0.3) is 0 Å². The minimum Gasteiger partial charge on any atom is -0.457 e. The van der Waals surface area contributed by atoms with Crippen LogP contribution in [0, 0.1) is 4.78 Å². The lowest BCUT2D eigenvalue weighted by atomic mass is 10.1. The van der Waals surface area contributed by atoms with Crippen molar-refractivity contribution in [3.8, 4) is 0 Å². The number of ether oxygens (including phenoxy) is 1. The summed E-state index contributed by atoms with van der Waals surface area (Å²) in [5.74, 6) is -0.727. The Hall–Kier alpha value is -1.62. The predicted molar refractivity (Wildman–Crippen MR) is 81.0 cm³/mol. The highest BCUT2D eigenvalue weighted by Crippen LogP contribution is 2.16. The van der Waals surface area contributed by atoms with Crippen molar-refractivity contribution in [2.24, 2.45) is 0 Å². The summed E-state index contributed by atoms with van der Waals surface area (Å²) in [6.45, 7) is 5.33. The molecular formula is C15H21NO3S. The Bertz CT molecular complexity index is 537. The first-order valence-corrected chi connectivity index (χ1v) is 8.44. The number of allylic oxidation sites excluding steroid dienone is 1.